The predicted octanol–water partition coefficient (Wildman–Crippen LogP) is 3.65. The van der Waals surface area contributed by atoms with Crippen LogP contribution < -0.4 is 10.5 Å². The highest BCUT2D eigenvalue weighted by Crippen LogP contribution is 2.25. The fraction of sp³-hybridized carbons (Fsp3) is 0. The zero-order valence-corrected chi connectivity index (χ0v) is 15.3. The topological polar surface area (TPSA) is 72.2 Å². The highest BCUT2D eigenvalue weighted by Gasteiger charge is 2.17. The van der Waals surface area contributed by atoms with Crippen molar-refractivity contribution < 1.29 is 8.42 Å². The molecule has 0 aliphatic carbocycles. The van der Waals surface area contributed by atoms with E-state index in [1.165, 1.54) is 12.1 Å². The Morgan fingerprint density at radius 2 is 1.76 bits per heavy atom. The summed E-state index contributed by atoms with van der Waals surface area (Å²) in [5, 5.41) is 0. The number of nitrogens with two attached hydrogens (primary N) is 1. The van der Waals surface area contributed by atoms with Crippen LogP contribution in [0.3, 0.4) is 0 Å². The molecule has 0 heterocycles. The molecule has 0 aliphatic rings. The number of thiocarbonyl (C=S) groups is 1. The van der Waals surface area contributed by atoms with Crippen molar-refractivity contribution in [3.63, 3.8) is 0 Å². The standard InChI is InChI=1S/C13H10Br2N2O2S2/c14-8-2-1-3-10(6-8)21(18,19)17-12-5-4-9(15)7-11(12)13(16)20/h1-7,17H,(H2,16,20). The SMILES string of the molecule is NC(=S)c1cc(Br)ccc1NS(=O)(=O)c1cccc(Br)c1. The molecular formula is C13H10Br2N2O2S2. The van der Waals surface area contributed by atoms with Gasteiger partial charge in [-0.15, -0.1) is 0 Å². The Hall–Kier alpha value is -0.960. The zero-order valence-electron chi connectivity index (χ0n) is 10.5. The van der Waals surface area contributed by atoms with Crippen molar-refractivity contribution >= 4 is 64.8 Å². The van der Waals surface area contributed by atoms with Crippen molar-refractivity contribution in [2.45, 2.75) is 4.90 Å². The van der Waals surface area contributed by atoms with Crippen LogP contribution in [0.2, 0.25) is 0 Å². The second-order valence-electron chi connectivity index (χ2n) is 4.12. The molecule has 0 bridgehead atoms. The molecule has 0 aromatic heterocycles. The van der Waals surface area contributed by atoms with E-state index in [0.717, 1.165) is 4.47 Å². The summed E-state index contributed by atoms with van der Waals surface area (Å²) in [7, 11) is -3.72. The number of sulfonamides is 1. The van der Waals surface area contributed by atoms with Gasteiger partial charge in [-0.25, -0.2) is 8.42 Å². The number of benzene rings is 2. The van der Waals surface area contributed by atoms with Crippen LogP contribution in [0.1, 0.15) is 5.56 Å². The summed E-state index contributed by atoms with van der Waals surface area (Å²) in [6.07, 6.45) is 0. The summed E-state index contributed by atoms with van der Waals surface area (Å²) < 4.78 is 28.7. The van der Waals surface area contributed by atoms with E-state index >= 15 is 0 Å². The van der Waals surface area contributed by atoms with Crippen molar-refractivity contribution in [3.05, 3.63) is 57.0 Å². The molecule has 2 aromatic rings. The minimum Gasteiger partial charge on any atom is -0.389 e. The van der Waals surface area contributed by atoms with Gasteiger partial charge in [0.15, 0.2) is 0 Å². The Balaban J connectivity index is 2.44. The van der Waals surface area contributed by atoms with Crippen LogP contribution in [-0.4, -0.2) is 13.4 Å². The number of rotatable bonds is 4. The lowest BCUT2D eigenvalue weighted by Crippen LogP contribution is -2.18. The predicted molar refractivity (Wildman–Crippen MR) is 95.0 cm³/mol. The van der Waals surface area contributed by atoms with Gasteiger partial charge < -0.3 is 5.73 Å². The van der Waals surface area contributed by atoms with Crippen LogP contribution in [0.15, 0.2) is 56.3 Å². The van der Waals surface area contributed by atoms with E-state index in [4.69, 9.17) is 18.0 Å². The molecule has 2 aromatic carbocycles. The Morgan fingerprint density at radius 1 is 1.10 bits per heavy atom. The fourth-order valence-electron chi connectivity index (χ4n) is 1.65. The van der Waals surface area contributed by atoms with Gasteiger partial charge in [0.1, 0.15) is 4.99 Å². The Morgan fingerprint density at radius 3 is 2.38 bits per heavy atom. The minimum atomic E-state index is -3.72. The smallest absolute Gasteiger partial charge is 0.261 e. The lowest BCUT2D eigenvalue weighted by atomic mass is 10.2. The van der Waals surface area contributed by atoms with Gasteiger partial charge in [0.25, 0.3) is 10.0 Å². The molecule has 0 saturated carbocycles. The average Bonchev–Trinajstić information content (AvgIpc) is 2.40. The number of hydrogen-bond donors (Lipinski definition) is 2. The van der Waals surface area contributed by atoms with Gasteiger partial charge >= 0.3 is 0 Å². The molecule has 110 valence electrons. The van der Waals surface area contributed by atoms with Crippen LogP contribution in [-0.2, 0) is 10.0 Å². The normalized spacial score (nSPS) is 11.1. The summed E-state index contributed by atoms with van der Waals surface area (Å²) in [5.41, 5.74) is 6.43. The van der Waals surface area contributed by atoms with E-state index in [9.17, 15) is 8.42 Å². The van der Waals surface area contributed by atoms with Crippen LogP contribution in [0, 0.1) is 0 Å². The van der Waals surface area contributed by atoms with Gasteiger partial charge in [0.2, 0.25) is 0 Å². The van der Waals surface area contributed by atoms with Crippen LogP contribution in [0.4, 0.5) is 5.69 Å². The van der Waals surface area contributed by atoms with Gasteiger partial charge in [-0.1, -0.05) is 50.1 Å². The first kappa shape index (κ1) is 16.4. The van der Waals surface area contributed by atoms with Crippen molar-refractivity contribution in [2.75, 3.05) is 4.72 Å². The molecular weight excluding hydrogens is 440 g/mol. The van der Waals surface area contributed by atoms with Gasteiger partial charge in [-0.3, -0.25) is 4.72 Å². The maximum absolute atomic E-state index is 12.4. The molecule has 0 amide bonds. The van der Waals surface area contributed by atoms with Crippen molar-refractivity contribution in [1.82, 2.24) is 0 Å². The van der Waals surface area contributed by atoms with E-state index in [-0.39, 0.29) is 9.88 Å². The van der Waals surface area contributed by atoms with Gasteiger partial charge in [-0.05, 0) is 36.4 Å². The van der Waals surface area contributed by atoms with E-state index in [1.54, 1.807) is 30.3 Å². The minimum absolute atomic E-state index is 0.114. The first-order chi connectivity index (χ1) is 9.79. The van der Waals surface area contributed by atoms with E-state index < -0.39 is 10.0 Å². The Labute approximate surface area is 145 Å². The highest BCUT2D eigenvalue weighted by molar-refractivity contribution is 9.10. The average molecular weight is 450 g/mol. The number of anilines is 1. The first-order valence-corrected chi connectivity index (χ1v) is 9.15. The summed E-state index contributed by atoms with van der Waals surface area (Å²) in [6, 6.07) is 11.4. The second kappa shape index (κ2) is 6.43. The lowest BCUT2D eigenvalue weighted by Gasteiger charge is -2.12. The molecule has 0 aliphatic heterocycles. The molecule has 0 radical (unpaired) electrons. The maximum Gasteiger partial charge on any atom is 0.261 e. The maximum atomic E-state index is 12.4. The molecule has 2 rings (SSSR count). The Kier molecular flexibility index (Phi) is 5.03. The first-order valence-electron chi connectivity index (χ1n) is 5.67. The summed E-state index contributed by atoms with van der Waals surface area (Å²) >= 11 is 11.5. The quantitative estimate of drug-likeness (QED) is 0.698. The van der Waals surface area contributed by atoms with Gasteiger partial charge in [0.05, 0.1) is 10.6 Å². The molecule has 0 saturated heterocycles. The van der Waals surface area contributed by atoms with E-state index in [1.807, 2.05) is 0 Å². The second-order valence-corrected chi connectivity index (χ2v) is 8.07. The van der Waals surface area contributed by atoms with Crippen LogP contribution in [0.25, 0.3) is 0 Å². The number of nitrogens with one attached hydrogen (secondary N) is 1. The Bertz CT molecular complexity index is 808. The molecule has 0 fully saturated rings. The fourth-order valence-corrected chi connectivity index (χ4v) is 3.85. The third-order valence-corrected chi connectivity index (χ3v) is 5.17. The number of halogens is 2. The molecule has 8 heteroatoms. The monoisotopic (exact) mass is 448 g/mol. The molecule has 0 spiro atoms. The summed E-state index contributed by atoms with van der Waals surface area (Å²) in [5.74, 6) is 0. The van der Waals surface area contributed by atoms with E-state index in [2.05, 4.69) is 36.6 Å². The van der Waals surface area contributed by atoms with E-state index in [0.29, 0.717) is 15.7 Å². The van der Waals surface area contributed by atoms with Crippen molar-refractivity contribution in [1.29, 1.82) is 0 Å². The highest BCUT2D eigenvalue weighted by atomic mass is 79.9. The van der Waals surface area contributed by atoms with Gasteiger partial charge in [0, 0.05) is 14.5 Å². The van der Waals surface area contributed by atoms with Crippen LogP contribution in [0.5, 0.6) is 0 Å². The molecule has 21 heavy (non-hydrogen) atoms. The van der Waals surface area contributed by atoms with Crippen LogP contribution >= 0.6 is 44.1 Å². The zero-order chi connectivity index (χ0) is 15.6. The van der Waals surface area contributed by atoms with Gasteiger partial charge in [-0.2, -0.15) is 0 Å². The third kappa shape index (κ3) is 4.03. The molecule has 4 nitrogen and oxygen atoms in total. The third-order valence-electron chi connectivity index (χ3n) is 2.60. The number of hydrogen-bond acceptors (Lipinski definition) is 3. The molecule has 0 atom stereocenters. The lowest BCUT2D eigenvalue weighted by molar-refractivity contribution is 0.601. The summed E-state index contributed by atoms with van der Waals surface area (Å²) in [6.45, 7) is 0. The van der Waals surface area contributed by atoms with Crippen molar-refractivity contribution in [2.24, 2.45) is 5.73 Å². The molecule has 0 unspecified atom stereocenters. The molecule has 3 N–H and O–H groups in total. The largest absolute Gasteiger partial charge is 0.389 e. The van der Waals surface area contributed by atoms with Crippen molar-refractivity contribution in [3.8, 4) is 0 Å². The summed E-state index contributed by atoms with van der Waals surface area (Å²) in [4.78, 5) is 0.261.